The summed E-state index contributed by atoms with van der Waals surface area (Å²) < 4.78 is 5.90. The Kier molecular flexibility index (Phi) is 4.94. The van der Waals surface area contributed by atoms with Gasteiger partial charge in [-0.05, 0) is 31.9 Å². The molecule has 106 valence electrons. The normalized spacial score (nSPS) is 14.0. The number of aryl methyl sites for hydroxylation is 2. The summed E-state index contributed by atoms with van der Waals surface area (Å²) in [4.78, 5) is 0. The molecule has 0 bridgehead atoms. The van der Waals surface area contributed by atoms with Crippen LogP contribution in [0.15, 0.2) is 48.5 Å². The Hall–Kier alpha value is -1.64. The number of benzene rings is 2. The van der Waals surface area contributed by atoms with Crippen molar-refractivity contribution in [3.8, 4) is 0 Å². The summed E-state index contributed by atoms with van der Waals surface area (Å²) in [6, 6.07) is 16.5. The smallest absolute Gasteiger partial charge is 0.102 e. The Morgan fingerprint density at radius 1 is 0.950 bits per heavy atom. The molecule has 2 heteroatoms. The monoisotopic (exact) mass is 269 g/mol. The van der Waals surface area contributed by atoms with Crippen LogP contribution in [0.5, 0.6) is 0 Å². The Morgan fingerprint density at radius 2 is 1.55 bits per heavy atom. The highest BCUT2D eigenvalue weighted by Crippen LogP contribution is 2.31. The van der Waals surface area contributed by atoms with E-state index in [1.807, 2.05) is 25.1 Å². The van der Waals surface area contributed by atoms with E-state index in [0.29, 0.717) is 6.61 Å². The van der Waals surface area contributed by atoms with Crippen LogP contribution < -0.4 is 5.73 Å². The molecule has 0 aliphatic heterocycles. The molecule has 20 heavy (non-hydrogen) atoms. The van der Waals surface area contributed by atoms with E-state index >= 15 is 0 Å². The Balaban J connectivity index is 2.33. The lowest BCUT2D eigenvalue weighted by Crippen LogP contribution is -2.22. The molecule has 0 amide bonds. The van der Waals surface area contributed by atoms with Gasteiger partial charge in [-0.3, -0.25) is 0 Å². The minimum Gasteiger partial charge on any atom is -0.372 e. The van der Waals surface area contributed by atoms with E-state index in [4.69, 9.17) is 10.5 Å². The van der Waals surface area contributed by atoms with Gasteiger partial charge in [0.2, 0.25) is 0 Å². The molecule has 2 atom stereocenters. The maximum absolute atomic E-state index is 6.47. The second kappa shape index (κ2) is 6.69. The highest BCUT2D eigenvalue weighted by atomic mass is 16.5. The molecular weight excluding hydrogens is 246 g/mol. The van der Waals surface area contributed by atoms with Crippen LogP contribution in [0.1, 0.15) is 41.3 Å². The number of hydrogen-bond acceptors (Lipinski definition) is 2. The quantitative estimate of drug-likeness (QED) is 0.887. The van der Waals surface area contributed by atoms with Crippen LogP contribution >= 0.6 is 0 Å². The van der Waals surface area contributed by atoms with E-state index in [2.05, 4.69) is 44.2 Å². The van der Waals surface area contributed by atoms with Crippen LogP contribution in [-0.2, 0) is 4.74 Å². The molecule has 0 spiro atoms. The molecule has 0 saturated heterocycles. The molecule has 0 aliphatic carbocycles. The van der Waals surface area contributed by atoms with Crippen LogP contribution in [-0.4, -0.2) is 6.61 Å². The van der Waals surface area contributed by atoms with Gasteiger partial charge in [0.15, 0.2) is 0 Å². The van der Waals surface area contributed by atoms with Gasteiger partial charge >= 0.3 is 0 Å². The molecule has 0 saturated carbocycles. The fraction of sp³-hybridized carbons (Fsp3) is 0.333. The minimum absolute atomic E-state index is 0.109. The molecule has 0 radical (unpaired) electrons. The lowest BCUT2D eigenvalue weighted by molar-refractivity contribution is 0.0429. The summed E-state index contributed by atoms with van der Waals surface area (Å²) in [6.07, 6.45) is -0.109. The van der Waals surface area contributed by atoms with E-state index < -0.39 is 0 Å². The first-order valence-corrected chi connectivity index (χ1v) is 7.12. The predicted octanol–water partition coefficient (Wildman–Crippen LogP) is 4.08. The van der Waals surface area contributed by atoms with Crippen molar-refractivity contribution >= 4 is 0 Å². The summed E-state index contributed by atoms with van der Waals surface area (Å²) in [5.41, 5.74) is 11.2. The third-order valence-corrected chi connectivity index (χ3v) is 3.43. The van der Waals surface area contributed by atoms with Crippen molar-refractivity contribution in [3.63, 3.8) is 0 Å². The standard InChI is InChI=1S/C18H23NO/c1-4-20-18(15-8-6-5-7-9-15)17(19)16-11-13(2)10-14(3)12-16/h5-12,17-18H,4,19H2,1-3H3. The van der Waals surface area contributed by atoms with Crippen molar-refractivity contribution in [2.75, 3.05) is 6.61 Å². The molecule has 0 heterocycles. The van der Waals surface area contributed by atoms with Gasteiger partial charge in [-0.2, -0.15) is 0 Å². The Bertz CT molecular complexity index is 530. The lowest BCUT2D eigenvalue weighted by atomic mass is 9.94. The number of rotatable bonds is 5. The molecule has 2 aromatic rings. The van der Waals surface area contributed by atoms with Crippen molar-refractivity contribution in [1.29, 1.82) is 0 Å². The first-order valence-electron chi connectivity index (χ1n) is 7.12. The van der Waals surface area contributed by atoms with E-state index in [0.717, 1.165) is 11.1 Å². The fourth-order valence-electron chi connectivity index (χ4n) is 2.61. The summed E-state index contributed by atoms with van der Waals surface area (Å²) in [6.45, 7) is 6.85. The Morgan fingerprint density at radius 3 is 2.10 bits per heavy atom. The first kappa shape index (κ1) is 14.8. The molecule has 0 fully saturated rings. The number of hydrogen-bond donors (Lipinski definition) is 1. The highest BCUT2D eigenvalue weighted by Gasteiger charge is 2.22. The van der Waals surface area contributed by atoms with Gasteiger partial charge in [0.1, 0.15) is 6.10 Å². The van der Waals surface area contributed by atoms with Gasteiger partial charge in [-0.15, -0.1) is 0 Å². The van der Waals surface area contributed by atoms with Gasteiger partial charge < -0.3 is 10.5 Å². The molecular formula is C18H23NO. The van der Waals surface area contributed by atoms with Crippen molar-refractivity contribution in [1.82, 2.24) is 0 Å². The predicted molar refractivity (Wildman–Crippen MR) is 83.7 cm³/mol. The molecule has 0 aliphatic rings. The maximum Gasteiger partial charge on any atom is 0.102 e. The van der Waals surface area contributed by atoms with E-state index in [9.17, 15) is 0 Å². The fourth-order valence-corrected chi connectivity index (χ4v) is 2.61. The van der Waals surface area contributed by atoms with Gasteiger partial charge in [0.25, 0.3) is 0 Å². The molecule has 2 N–H and O–H groups in total. The van der Waals surface area contributed by atoms with Crippen molar-refractivity contribution in [2.45, 2.75) is 32.9 Å². The number of nitrogens with two attached hydrogens (primary N) is 1. The van der Waals surface area contributed by atoms with Crippen LogP contribution in [0.2, 0.25) is 0 Å². The Labute approximate surface area is 121 Å². The third kappa shape index (κ3) is 3.47. The summed E-state index contributed by atoms with van der Waals surface area (Å²) in [5.74, 6) is 0. The zero-order valence-corrected chi connectivity index (χ0v) is 12.5. The highest BCUT2D eigenvalue weighted by molar-refractivity contribution is 5.33. The van der Waals surface area contributed by atoms with Gasteiger partial charge in [0, 0.05) is 6.61 Å². The third-order valence-electron chi connectivity index (χ3n) is 3.43. The topological polar surface area (TPSA) is 35.2 Å². The van der Waals surface area contributed by atoms with Crippen molar-refractivity contribution < 1.29 is 4.74 Å². The van der Waals surface area contributed by atoms with E-state index in [1.165, 1.54) is 11.1 Å². The average molecular weight is 269 g/mol. The molecule has 2 nitrogen and oxygen atoms in total. The van der Waals surface area contributed by atoms with Gasteiger partial charge in [0.05, 0.1) is 6.04 Å². The molecule has 2 rings (SSSR count). The largest absolute Gasteiger partial charge is 0.372 e. The zero-order chi connectivity index (χ0) is 14.5. The van der Waals surface area contributed by atoms with Crippen molar-refractivity contribution in [3.05, 3.63) is 70.8 Å². The molecule has 2 unspecified atom stereocenters. The minimum atomic E-state index is -0.157. The average Bonchev–Trinajstić information content (AvgIpc) is 2.44. The van der Waals surface area contributed by atoms with Crippen LogP contribution in [0.4, 0.5) is 0 Å². The lowest BCUT2D eigenvalue weighted by Gasteiger charge is -2.25. The summed E-state index contributed by atoms with van der Waals surface area (Å²) in [5, 5.41) is 0. The van der Waals surface area contributed by atoms with E-state index in [-0.39, 0.29) is 12.1 Å². The second-order valence-corrected chi connectivity index (χ2v) is 5.23. The van der Waals surface area contributed by atoms with E-state index in [1.54, 1.807) is 0 Å². The summed E-state index contributed by atoms with van der Waals surface area (Å²) >= 11 is 0. The van der Waals surface area contributed by atoms with Gasteiger partial charge in [-0.1, -0.05) is 59.7 Å². The second-order valence-electron chi connectivity index (χ2n) is 5.23. The van der Waals surface area contributed by atoms with Crippen LogP contribution in [0.3, 0.4) is 0 Å². The summed E-state index contributed by atoms with van der Waals surface area (Å²) in [7, 11) is 0. The SMILES string of the molecule is CCOC(c1ccccc1)C(N)c1cc(C)cc(C)c1. The van der Waals surface area contributed by atoms with Crippen LogP contribution in [0.25, 0.3) is 0 Å². The van der Waals surface area contributed by atoms with Crippen molar-refractivity contribution in [2.24, 2.45) is 5.73 Å². The molecule has 2 aromatic carbocycles. The zero-order valence-electron chi connectivity index (χ0n) is 12.5. The van der Waals surface area contributed by atoms with Gasteiger partial charge in [-0.25, -0.2) is 0 Å². The maximum atomic E-state index is 6.47. The first-order chi connectivity index (χ1) is 9.61. The number of ether oxygens (including phenoxy) is 1. The van der Waals surface area contributed by atoms with Crippen LogP contribution in [0, 0.1) is 13.8 Å². The molecule has 0 aromatic heterocycles.